The lowest BCUT2D eigenvalue weighted by Crippen LogP contribution is -2.49. The second-order valence-electron chi connectivity index (χ2n) is 4.27. The summed E-state index contributed by atoms with van der Waals surface area (Å²) < 4.78 is 5.38. The van der Waals surface area contributed by atoms with Crippen LogP contribution in [-0.4, -0.2) is 20.3 Å². The molecule has 1 heterocycles. The summed E-state index contributed by atoms with van der Waals surface area (Å²) in [5.41, 5.74) is 1.40. The molecule has 0 aromatic heterocycles. The molecule has 0 saturated carbocycles. The van der Waals surface area contributed by atoms with Crippen LogP contribution in [0.5, 0.6) is 0 Å². The first-order chi connectivity index (χ1) is 7.37. The smallest absolute Gasteiger partial charge is 0.0686 e. The van der Waals surface area contributed by atoms with Crippen LogP contribution in [0.3, 0.4) is 0 Å². The van der Waals surface area contributed by atoms with Crippen molar-refractivity contribution in [2.45, 2.75) is 24.8 Å². The molecule has 0 bridgehead atoms. The van der Waals surface area contributed by atoms with Gasteiger partial charge in [-0.15, -0.1) is 0 Å². The van der Waals surface area contributed by atoms with E-state index in [1.165, 1.54) is 24.8 Å². The van der Waals surface area contributed by atoms with Crippen molar-refractivity contribution >= 4 is 0 Å². The van der Waals surface area contributed by atoms with Gasteiger partial charge in [0.2, 0.25) is 0 Å². The zero-order valence-electron chi connectivity index (χ0n) is 9.33. The quantitative estimate of drug-likeness (QED) is 0.817. The molecule has 2 rings (SSSR count). The lowest BCUT2D eigenvalue weighted by Gasteiger charge is -2.38. The van der Waals surface area contributed by atoms with Crippen LogP contribution in [0.2, 0.25) is 0 Å². The van der Waals surface area contributed by atoms with Crippen molar-refractivity contribution in [1.29, 1.82) is 0 Å². The molecule has 82 valence electrons. The standard InChI is InChI=1S/C13H19NO/c1-15-11-13(9-5-6-10-14-13)12-7-3-2-4-8-12/h2-4,7-8,14H,5-6,9-11H2,1H3. The first-order valence-corrected chi connectivity index (χ1v) is 5.67. The number of hydrogen-bond donors (Lipinski definition) is 1. The fraction of sp³-hybridized carbons (Fsp3) is 0.538. The van der Waals surface area contributed by atoms with Gasteiger partial charge in [0, 0.05) is 7.11 Å². The third-order valence-corrected chi connectivity index (χ3v) is 3.21. The van der Waals surface area contributed by atoms with E-state index < -0.39 is 0 Å². The molecule has 0 radical (unpaired) electrons. The molecule has 1 aliphatic rings. The third kappa shape index (κ3) is 2.21. The normalized spacial score (nSPS) is 26.5. The van der Waals surface area contributed by atoms with Gasteiger partial charge in [-0.05, 0) is 31.4 Å². The highest BCUT2D eigenvalue weighted by atomic mass is 16.5. The van der Waals surface area contributed by atoms with Gasteiger partial charge in [-0.1, -0.05) is 30.3 Å². The van der Waals surface area contributed by atoms with Crippen molar-refractivity contribution in [3.8, 4) is 0 Å². The number of hydrogen-bond acceptors (Lipinski definition) is 2. The maximum Gasteiger partial charge on any atom is 0.0686 e. The highest BCUT2D eigenvalue weighted by Crippen LogP contribution is 2.30. The molecule has 1 aromatic rings. The topological polar surface area (TPSA) is 21.3 Å². The minimum absolute atomic E-state index is 0.0499. The maximum atomic E-state index is 5.38. The SMILES string of the molecule is COCC1(c2ccccc2)CCCCN1. The summed E-state index contributed by atoms with van der Waals surface area (Å²) in [7, 11) is 1.78. The minimum Gasteiger partial charge on any atom is -0.382 e. The van der Waals surface area contributed by atoms with Crippen LogP contribution in [0.25, 0.3) is 0 Å². The minimum atomic E-state index is 0.0499. The van der Waals surface area contributed by atoms with E-state index in [1.807, 2.05) is 0 Å². The lowest BCUT2D eigenvalue weighted by atomic mass is 9.83. The third-order valence-electron chi connectivity index (χ3n) is 3.21. The first-order valence-electron chi connectivity index (χ1n) is 5.67. The Labute approximate surface area is 91.6 Å². The molecule has 0 aliphatic carbocycles. The molecule has 1 aliphatic heterocycles. The van der Waals surface area contributed by atoms with Crippen LogP contribution in [0.4, 0.5) is 0 Å². The molecule has 2 heteroatoms. The Morgan fingerprint density at radius 2 is 2.07 bits per heavy atom. The van der Waals surface area contributed by atoms with Gasteiger partial charge in [0.1, 0.15) is 0 Å². The van der Waals surface area contributed by atoms with E-state index in [2.05, 4.69) is 35.6 Å². The van der Waals surface area contributed by atoms with Crippen molar-refractivity contribution in [3.05, 3.63) is 35.9 Å². The monoisotopic (exact) mass is 205 g/mol. The van der Waals surface area contributed by atoms with E-state index >= 15 is 0 Å². The number of rotatable bonds is 3. The van der Waals surface area contributed by atoms with Crippen molar-refractivity contribution in [2.24, 2.45) is 0 Å². The van der Waals surface area contributed by atoms with E-state index in [1.54, 1.807) is 7.11 Å². The summed E-state index contributed by atoms with van der Waals surface area (Å²) >= 11 is 0. The number of benzene rings is 1. The second-order valence-corrected chi connectivity index (χ2v) is 4.27. The molecule has 1 unspecified atom stereocenters. The van der Waals surface area contributed by atoms with Gasteiger partial charge < -0.3 is 10.1 Å². The van der Waals surface area contributed by atoms with Gasteiger partial charge in [0.05, 0.1) is 12.1 Å². The highest BCUT2D eigenvalue weighted by molar-refractivity contribution is 5.25. The van der Waals surface area contributed by atoms with Gasteiger partial charge in [0.15, 0.2) is 0 Å². The summed E-state index contributed by atoms with van der Waals surface area (Å²) in [6.07, 6.45) is 3.73. The van der Waals surface area contributed by atoms with E-state index in [9.17, 15) is 0 Å². The number of piperidine rings is 1. The molecular formula is C13H19NO. The first kappa shape index (κ1) is 10.7. The Hall–Kier alpha value is -0.860. The number of methoxy groups -OCH3 is 1. The van der Waals surface area contributed by atoms with Gasteiger partial charge in [-0.3, -0.25) is 0 Å². The van der Waals surface area contributed by atoms with E-state index in [0.717, 1.165) is 13.2 Å². The average molecular weight is 205 g/mol. The Bertz CT molecular complexity index is 285. The summed E-state index contributed by atoms with van der Waals surface area (Å²) in [5.74, 6) is 0. The molecule has 1 atom stereocenters. The Morgan fingerprint density at radius 3 is 2.67 bits per heavy atom. The number of ether oxygens (including phenoxy) is 1. The molecule has 2 nitrogen and oxygen atoms in total. The molecule has 1 aromatic carbocycles. The molecular weight excluding hydrogens is 186 g/mol. The fourth-order valence-electron chi connectivity index (χ4n) is 2.42. The molecule has 1 saturated heterocycles. The second kappa shape index (κ2) is 4.77. The van der Waals surface area contributed by atoms with Gasteiger partial charge in [-0.2, -0.15) is 0 Å². The Kier molecular flexibility index (Phi) is 3.39. The lowest BCUT2D eigenvalue weighted by molar-refractivity contribution is 0.0884. The largest absolute Gasteiger partial charge is 0.382 e. The zero-order valence-corrected chi connectivity index (χ0v) is 9.33. The van der Waals surface area contributed by atoms with Crippen LogP contribution in [0.1, 0.15) is 24.8 Å². The van der Waals surface area contributed by atoms with Crippen molar-refractivity contribution < 1.29 is 4.74 Å². The van der Waals surface area contributed by atoms with Gasteiger partial charge >= 0.3 is 0 Å². The van der Waals surface area contributed by atoms with Gasteiger partial charge in [-0.25, -0.2) is 0 Å². The van der Waals surface area contributed by atoms with E-state index in [-0.39, 0.29) is 5.54 Å². The molecule has 1 fully saturated rings. The highest BCUT2D eigenvalue weighted by Gasteiger charge is 2.33. The summed E-state index contributed by atoms with van der Waals surface area (Å²) in [4.78, 5) is 0. The zero-order chi connectivity index (χ0) is 10.6. The van der Waals surface area contributed by atoms with Crippen LogP contribution in [0, 0.1) is 0 Å². The molecule has 15 heavy (non-hydrogen) atoms. The van der Waals surface area contributed by atoms with E-state index in [4.69, 9.17) is 4.74 Å². The maximum absolute atomic E-state index is 5.38. The predicted molar refractivity (Wildman–Crippen MR) is 61.8 cm³/mol. The Morgan fingerprint density at radius 1 is 1.27 bits per heavy atom. The van der Waals surface area contributed by atoms with Gasteiger partial charge in [0.25, 0.3) is 0 Å². The van der Waals surface area contributed by atoms with Crippen molar-refractivity contribution in [2.75, 3.05) is 20.3 Å². The van der Waals surface area contributed by atoms with Crippen molar-refractivity contribution in [1.82, 2.24) is 5.32 Å². The van der Waals surface area contributed by atoms with Crippen LogP contribution >= 0.6 is 0 Å². The van der Waals surface area contributed by atoms with Crippen molar-refractivity contribution in [3.63, 3.8) is 0 Å². The Balaban J connectivity index is 2.25. The van der Waals surface area contributed by atoms with Crippen LogP contribution in [-0.2, 0) is 10.3 Å². The summed E-state index contributed by atoms with van der Waals surface area (Å²) in [6, 6.07) is 10.6. The van der Waals surface area contributed by atoms with Crippen LogP contribution in [0.15, 0.2) is 30.3 Å². The fourth-order valence-corrected chi connectivity index (χ4v) is 2.42. The predicted octanol–water partition coefficient (Wildman–Crippen LogP) is 2.30. The van der Waals surface area contributed by atoms with E-state index in [0.29, 0.717) is 0 Å². The summed E-state index contributed by atoms with van der Waals surface area (Å²) in [6.45, 7) is 1.86. The molecule has 1 N–H and O–H groups in total. The average Bonchev–Trinajstić information content (AvgIpc) is 2.32. The van der Waals surface area contributed by atoms with Crippen LogP contribution < -0.4 is 5.32 Å². The molecule has 0 amide bonds. The number of nitrogens with one attached hydrogen (secondary N) is 1. The molecule has 0 spiro atoms. The summed E-state index contributed by atoms with van der Waals surface area (Å²) in [5, 5.41) is 3.62.